The fourth-order valence-corrected chi connectivity index (χ4v) is 3.21. The van der Waals surface area contributed by atoms with Gasteiger partial charge in [-0.3, -0.25) is 14.7 Å². The molecule has 0 saturated carbocycles. The molecule has 148 valence electrons. The summed E-state index contributed by atoms with van der Waals surface area (Å²) in [5, 5.41) is 11.8. The van der Waals surface area contributed by atoms with Crippen LogP contribution in [0.25, 0.3) is 5.69 Å². The van der Waals surface area contributed by atoms with Gasteiger partial charge in [0.1, 0.15) is 0 Å². The number of benzene rings is 3. The second kappa shape index (κ2) is 8.31. The van der Waals surface area contributed by atoms with Gasteiger partial charge in [0, 0.05) is 10.6 Å². The first-order chi connectivity index (χ1) is 14.5. The molecule has 0 bridgehead atoms. The lowest BCUT2D eigenvalue weighted by molar-refractivity contribution is 0.103. The van der Waals surface area contributed by atoms with Crippen LogP contribution in [0.15, 0.2) is 93.9 Å². The average molecular weight is 417 g/mol. The van der Waals surface area contributed by atoms with Gasteiger partial charge in [-0.15, -0.1) is 10.2 Å². The number of nitrogens with one attached hydrogen (secondary N) is 1. The lowest BCUT2D eigenvalue weighted by Crippen LogP contribution is -2.13. The normalized spacial score (nSPS) is 11.1. The third kappa shape index (κ3) is 3.86. The molecule has 0 aliphatic heterocycles. The molecular formula is C23H17ClN4O2. The zero-order valence-electron chi connectivity index (χ0n) is 16.0. The third-order valence-electron chi connectivity index (χ3n) is 4.55. The predicted molar refractivity (Wildman–Crippen MR) is 117 cm³/mol. The van der Waals surface area contributed by atoms with E-state index in [9.17, 15) is 9.59 Å². The molecule has 0 spiro atoms. The van der Waals surface area contributed by atoms with Gasteiger partial charge < -0.3 is 0 Å². The number of carbonyl (C=O) groups is 1. The van der Waals surface area contributed by atoms with Gasteiger partial charge in [-0.05, 0) is 37.3 Å². The molecule has 0 unspecified atom stereocenters. The third-order valence-corrected chi connectivity index (χ3v) is 4.79. The number of nitrogens with zero attached hydrogens (tertiary/aromatic N) is 3. The van der Waals surface area contributed by atoms with Crippen LogP contribution in [0.3, 0.4) is 0 Å². The first-order valence-electron chi connectivity index (χ1n) is 9.22. The Balaban J connectivity index is 1.73. The van der Waals surface area contributed by atoms with Gasteiger partial charge in [0.05, 0.1) is 22.6 Å². The summed E-state index contributed by atoms with van der Waals surface area (Å²) < 4.78 is 1.40. The molecule has 6 nitrogen and oxygen atoms in total. The topological polar surface area (TPSA) is 79.6 Å². The Bertz CT molecular complexity index is 1290. The highest BCUT2D eigenvalue weighted by atomic mass is 35.5. The van der Waals surface area contributed by atoms with E-state index in [0.717, 1.165) is 0 Å². The molecule has 4 aromatic rings. The minimum Gasteiger partial charge on any atom is -0.293 e. The van der Waals surface area contributed by atoms with Crippen LogP contribution in [0.2, 0.25) is 5.02 Å². The standard InChI is InChI=1S/C23H17ClN4O2/c1-15-21(23(30)28(27-15)18-10-6-3-7-11-18)26-25-20-13-12-17(24)14-19(20)22(29)16-8-4-2-5-9-16/h2-14,27H,1H3. The zero-order chi connectivity index (χ0) is 21.1. The van der Waals surface area contributed by atoms with Crippen LogP contribution in [-0.2, 0) is 0 Å². The van der Waals surface area contributed by atoms with E-state index >= 15 is 0 Å². The quantitative estimate of drug-likeness (QED) is 0.331. The maximum absolute atomic E-state index is 12.9. The Hall–Kier alpha value is -3.77. The van der Waals surface area contributed by atoms with Crippen LogP contribution in [0.4, 0.5) is 11.4 Å². The summed E-state index contributed by atoms with van der Waals surface area (Å²) in [6.45, 7) is 1.74. The minimum absolute atomic E-state index is 0.173. The first-order valence-corrected chi connectivity index (χ1v) is 9.60. The van der Waals surface area contributed by atoms with E-state index < -0.39 is 0 Å². The van der Waals surface area contributed by atoms with Crippen LogP contribution >= 0.6 is 11.6 Å². The van der Waals surface area contributed by atoms with Crippen molar-refractivity contribution in [1.29, 1.82) is 0 Å². The van der Waals surface area contributed by atoms with E-state index in [-0.39, 0.29) is 17.0 Å². The van der Waals surface area contributed by atoms with Crippen molar-refractivity contribution in [2.24, 2.45) is 10.2 Å². The molecule has 0 radical (unpaired) electrons. The van der Waals surface area contributed by atoms with E-state index in [4.69, 9.17) is 11.6 Å². The lowest BCUT2D eigenvalue weighted by Gasteiger charge is -2.05. The maximum atomic E-state index is 12.9. The van der Waals surface area contributed by atoms with Crippen molar-refractivity contribution in [3.05, 3.63) is 111 Å². The number of aromatic nitrogens is 2. The smallest absolute Gasteiger partial charge is 0.293 e. The molecule has 0 aliphatic carbocycles. The molecule has 1 N–H and O–H groups in total. The molecule has 0 fully saturated rings. The summed E-state index contributed by atoms with van der Waals surface area (Å²) in [7, 11) is 0. The Kier molecular flexibility index (Phi) is 5.41. The molecule has 0 amide bonds. The average Bonchev–Trinajstić information content (AvgIpc) is 3.07. The summed E-state index contributed by atoms with van der Waals surface area (Å²) in [6.07, 6.45) is 0. The molecule has 0 aliphatic rings. The maximum Gasteiger partial charge on any atom is 0.299 e. The number of ketones is 1. The molecule has 3 aromatic carbocycles. The van der Waals surface area contributed by atoms with Crippen LogP contribution in [0.1, 0.15) is 21.6 Å². The van der Waals surface area contributed by atoms with Gasteiger partial charge >= 0.3 is 0 Å². The molecular weight excluding hydrogens is 400 g/mol. The van der Waals surface area contributed by atoms with Crippen LogP contribution in [0.5, 0.6) is 0 Å². The predicted octanol–water partition coefficient (Wildman–Crippen LogP) is 5.77. The summed E-state index contributed by atoms with van der Waals surface area (Å²) in [6, 6.07) is 22.8. The van der Waals surface area contributed by atoms with Gasteiger partial charge in [0.2, 0.25) is 0 Å². The number of aromatic amines is 1. The summed E-state index contributed by atoms with van der Waals surface area (Å²) in [5.74, 6) is -0.223. The monoisotopic (exact) mass is 416 g/mol. The zero-order valence-corrected chi connectivity index (χ0v) is 16.8. The largest absolute Gasteiger partial charge is 0.299 e. The van der Waals surface area contributed by atoms with Crippen molar-refractivity contribution in [3.63, 3.8) is 0 Å². The van der Waals surface area contributed by atoms with Gasteiger partial charge in [0.15, 0.2) is 11.5 Å². The number of aryl methyl sites for hydroxylation is 1. The molecule has 0 saturated heterocycles. The number of carbonyl (C=O) groups excluding carboxylic acids is 1. The number of para-hydroxylation sites is 1. The number of hydrogen-bond donors (Lipinski definition) is 1. The van der Waals surface area contributed by atoms with Gasteiger partial charge in [0.25, 0.3) is 5.56 Å². The van der Waals surface area contributed by atoms with E-state index in [1.165, 1.54) is 4.68 Å². The van der Waals surface area contributed by atoms with Crippen molar-refractivity contribution in [2.45, 2.75) is 6.92 Å². The van der Waals surface area contributed by atoms with Crippen LogP contribution in [-0.4, -0.2) is 15.6 Å². The second-order valence-electron chi connectivity index (χ2n) is 6.62. The van der Waals surface area contributed by atoms with Crippen molar-refractivity contribution < 1.29 is 4.79 Å². The minimum atomic E-state index is -0.327. The van der Waals surface area contributed by atoms with Crippen LogP contribution < -0.4 is 5.56 Å². The number of H-pyrrole nitrogens is 1. The van der Waals surface area contributed by atoms with E-state index in [1.54, 1.807) is 49.4 Å². The molecule has 1 aromatic heterocycles. The fraction of sp³-hybridized carbons (Fsp3) is 0.0435. The van der Waals surface area contributed by atoms with E-state index in [1.807, 2.05) is 36.4 Å². The summed E-state index contributed by atoms with van der Waals surface area (Å²) >= 11 is 6.10. The van der Waals surface area contributed by atoms with Crippen molar-refractivity contribution in [1.82, 2.24) is 9.78 Å². The van der Waals surface area contributed by atoms with Gasteiger partial charge in [-0.1, -0.05) is 60.1 Å². The van der Waals surface area contributed by atoms with Crippen LogP contribution in [0, 0.1) is 6.92 Å². The van der Waals surface area contributed by atoms with Gasteiger partial charge in [-0.25, -0.2) is 4.68 Å². The molecule has 7 heteroatoms. The second-order valence-corrected chi connectivity index (χ2v) is 7.05. The fourth-order valence-electron chi connectivity index (χ4n) is 3.04. The van der Waals surface area contributed by atoms with Crippen molar-refractivity contribution >= 4 is 28.8 Å². The SMILES string of the molecule is Cc1[nH]n(-c2ccccc2)c(=O)c1N=Nc1ccc(Cl)cc1C(=O)c1ccccc1. The Labute approximate surface area is 177 Å². The first kappa shape index (κ1) is 19.5. The number of halogens is 1. The molecule has 0 atom stereocenters. The number of rotatable bonds is 5. The summed E-state index contributed by atoms with van der Waals surface area (Å²) in [4.78, 5) is 25.7. The van der Waals surface area contributed by atoms with Gasteiger partial charge in [-0.2, -0.15) is 0 Å². The highest BCUT2D eigenvalue weighted by Gasteiger charge is 2.16. The summed E-state index contributed by atoms with van der Waals surface area (Å²) in [5.41, 5.74) is 2.27. The highest BCUT2D eigenvalue weighted by Crippen LogP contribution is 2.28. The Morgan fingerprint density at radius 3 is 2.30 bits per heavy atom. The van der Waals surface area contributed by atoms with Crippen molar-refractivity contribution in [2.75, 3.05) is 0 Å². The lowest BCUT2D eigenvalue weighted by atomic mass is 10.0. The van der Waals surface area contributed by atoms with E-state index in [0.29, 0.717) is 33.2 Å². The molecule has 1 heterocycles. The molecule has 30 heavy (non-hydrogen) atoms. The Morgan fingerprint density at radius 1 is 0.933 bits per heavy atom. The van der Waals surface area contributed by atoms with Crippen molar-refractivity contribution in [3.8, 4) is 5.69 Å². The number of azo groups is 1. The highest BCUT2D eigenvalue weighted by molar-refractivity contribution is 6.31. The van der Waals surface area contributed by atoms with E-state index in [2.05, 4.69) is 15.3 Å². The number of hydrogen-bond acceptors (Lipinski definition) is 4. The Morgan fingerprint density at radius 2 is 1.60 bits per heavy atom. The molecule has 4 rings (SSSR count).